The molecule has 1 fully saturated rings. The van der Waals surface area contributed by atoms with Crippen LogP contribution in [0.1, 0.15) is 0 Å². The van der Waals surface area contributed by atoms with E-state index in [2.05, 4.69) is 35.8 Å². The van der Waals surface area contributed by atoms with Gasteiger partial charge in [0.15, 0.2) is 0 Å². The fourth-order valence-electron chi connectivity index (χ4n) is 4.38. The molecule has 0 atom stereocenters. The second-order valence-electron chi connectivity index (χ2n) is 9.87. The van der Waals surface area contributed by atoms with Crippen molar-refractivity contribution in [3.05, 3.63) is 73.2 Å². The number of fused-ring (bicyclic) bond motifs is 1. The number of hydrogen-bond acceptors (Lipinski definition) is 9. The van der Waals surface area contributed by atoms with Gasteiger partial charge in [0, 0.05) is 61.3 Å². The molecule has 206 valence electrons. The van der Waals surface area contributed by atoms with Crippen LogP contribution in [0.3, 0.4) is 0 Å². The summed E-state index contributed by atoms with van der Waals surface area (Å²) in [4.78, 5) is 34.6. The van der Waals surface area contributed by atoms with E-state index in [0.717, 1.165) is 35.5 Å². The van der Waals surface area contributed by atoms with Crippen molar-refractivity contribution in [1.29, 1.82) is 0 Å². The van der Waals surface area contributed by atoms with Gasteiger partial charge >= 0.3 is 0 Å². The summed E-state index contributed by atoms with van der Waals surface area (Å²) in [6, 6.07) is 13.5. The number of amides is 1. The molecule has 0 spiro atoms. The van der Waals surface area contributed by atoms with Crippen LogP contribution in [-0.4, -0.2) is 88.6 Å². The number of carbonyl (C=O) groups excluding carboxylic acids is 1. The Kier molecular flexibility index (Phi) is 8.53. The smallest absolute Gasteiger partial charge is 0.248 e. The normalized spacial score (nSPS) is 14.0. The predicted molar refractivity (Wildman–Crippen MR) is 156 cm³/mol. The molecule has 10 nitrogen and oxygen atoms in total. The van der Waals surface area contributed by atoms with Crippen LogP contribution in [0.25, 0.3) is 22.2 Å². The molecular formula is C29H32FN9O. The first-order valence-electron chi connectivity index (χ1n) is 13.1. The quantitative estimate of drug-likeness (QED) is 0.243. The summed E-state index contributed by atoms with van der Waals surface area (Å²) in [5.41, 5.74) is 3.60. The number of anilines is 4. The number of benzene rings is 1. The molecule has 0 aliphatic carbocycles. The van der Waals surface area contributed by atoms with Gasteiger partial charge in [0.2, 0.25) is 11.9 Å². The van der Waals surface area contributed by atoms with Crippen molar-refractivity contribution in [2.24, 2.45) is 0 Å². The van der Waals surface area contributed by atoms with Crippen molar-refractivity contribution in [2.45, 2.75) is 6.04 Å². The molecule has 1 saturated heterocycles. The number of aromatic nitrogens is 4. The molecule has 11 heteroatoms. The fraction of sp³-hybridized carbons (Fsp3) is 0.276. The van der Waals surface area contributed by atoms with Gasteiger partial charge in [0.05, 0.1) is 23.6 Å². The van der Waals surface area contributed by atoms with E-state index in [1.165, 1.54) is 6.08 Å². The third-order valence-electron chi connectivity index (χ3n) is 6.37. The molecule has 40 heavy (non-hydrogen) atoms. The first-order valence-corrected chi connectivity index (χ1v) is 13.1. The van der Waals surface area contributed by atoms with E-state index < -0.39 is 0 Å². The van der Waals surface area contributed by atoms with Crippen LogP contribution in [0.5, 0.6) is 0 Å². The summed E-state index contributed by atoms with van der Waals surface area (Å²) in [7, 11) is 3.89. The Bertz CT molecular complexity index is 1490. The number of halogens is 1. The van der Waals surface area contributed by atoms with E-state index in [9.17, 15) is 9.18 Å². The van der Waals surface area contributed by atoms with Gasteiger partial charge in [-0.25, -0.2) is 19.3 Å². The minimum Gasteiger partial charge on any atom is -0.365 e. The Morgan fingerprint density at radius 2 is 1.98 bits per heavy atom. The van der Waals surface area contributed by atoms with E-state index in [4.69, 9.17) is 4.98 Å². The molecular weight excluding hydrogens is 509 g/mol. The maximum absolute atomic E-state index is 12.4. The Morgan fingerprint density at radius 3 is 2.75 bits per heavy atom. The van der Waals surface area contributed by atoms with E-state index in [0.29, 0.717) is 35.9 Å². The number of rotatable bonds is 11. The maximum atomic E-state index is 12.4. The van der Waals surface area contributed by atoms with Crippen molar-refractivity contribution in [1.82, 2.24) is 29.7 Å². The second-order valence-corrected chi connectivity index (χ2v) is 9.87. The number of likely N-dealkylation sites (N-methyl/N-ethyl adjacent to an activating group) is 1. The summed E-state index contributed by atoms with van der Waals surface area (Å²) in [6.07, 6.45) is 8.53. The topological polar surface area (TPSA) is 111 Å². The van der Waals surface area contributed by atoms with Crippen molar-refractivity contribution in [2.75, 3.05) is 62.9 Å². The Hall–Kier alpha value is -4.48. The minimum absolute atomic E-state index is 0.194. The second kappa shape index (κ2) is 12.6. The van der Waals surface area contributed by atoms with Crippen LogP contribution in [0.15, 0.2) is 73.2 Å². The highest BCUT2D eigenvalue weighted by Gasteiger charge is 2.26. The Balaban J connectivity index is 1.28. The molecule has 1 aromatic carbocycles. The van der Waals surface area contributed by atoms with Gasteiger partial charge in [-0.1, -0.05) is 18.2 Å². The fourth-order valence-corrected chi connectivity index (χ4v) is 4.38. The number of carbonyl (C=O) groups is 1. The van der Waals surface area contributed by atoms with Crippen molar-refractivity contribution in [3.63, 3.8) is 0 Å². The Labute approximate surface area is 232 Å². The number of nitrogens with one attached hydrogen (secondary N) is 3. The SMILES string of the molecule is CN(C)CC=CC(=O)Nc1cccc(-c2nccc3cnc(Nc4ccc(NC5CN(CCF)C5)nc4)nc23)c1. The van der Waals surface area contributed by atoms with Gasteiger partial charge < -0.3 is 20.9 Å². The van der Waals surface area contributed by atoms with Gasteiger partial charge in [-0.3, -0.25) is 14.7 Å². The van der Waals surface area contributed by atoms with Crippen LogP contribution in [0, 0.1) is 0 Å². The molecule has 3 N–H and O–H groups in total. The van der Waals surface area contributed by atoms with Gasteiger partial charge in [0.1, 0.15) is 18.0 Å². The number of likely N-dealkylation sites (tertiary alicyclic amines) is 1. The van der Waals surface area contributed by atoms with Crippen LogP contribution in [0.2, 0.25) is 0 Å². The van der Waals surface area contributed by atoms with Gasteiger partial charge in [-0.05, 0) is 44.4 Å². The molecule has 0 bridgehead atoms. The largest absolute Gasteiger partial charge is 0.365 e. The average molecular weight is 542 g/mol. The molecule has 4 heterocycles. The highest BCUT2D eigenvalue weighted by atomic mass is 19.1. The lowest BCUT2D eigenvalue weighted by molar-refractivity contribution is -0.111. The third-order valence-corrected chi connectivity index (χ3v) is 6.37. The zero-order valence-electron chi connectivity index (χ0n) is 22.5. The molecule has 3 aromatic heterocycles. The van der Waals surface area contributed by atoms with Gasteiger partial charge in [0.25, 0.3) is 0 Å². The van der Waals surface area contributed by atoms with Crippen LogP contribution < -0.4 is 16.0 Å². The van der Waals surface area contributed by atoms with Gasteiger partial charge in [-0.2, -0.15) is 0 Å². The van der Waals surface area contributed by atoms with Crippen LogP contribution in [0.4, 0.5) is 27.5 Å². The molecule has 0 radical (unpaired) electrons. The summed E-state index contributed by atoms with van der Waals surface area (Å²) in [5.74, 6) is 0.988. The summed E-state index contributed by atoms with van der Waals surface area (Å²) < 4.78 is 12.4. The van der Waals surface area contributed by atoms with E-state index in [-0.39, 0.29) is 18.6 Å². The van der Waals surface area contributed by atoms with Crippen molar-refractivity contribution in [3.8, 4) is 11.3 Å². The monoisotopic (exact) mass is 541 g/mol. The van der Waals surface area contributed by atoms with Crippen molar-refractivity contribution < 1.29 is 9.18 Å². The molecule has 1 amide bonds. The van der Waals surface area contributed by atoms with Gasteiger partial charge in [-0.15, -0.1) is 0 Å². The molecule has 5 rings (SSSR count). The summed E-state index contributed by atoms with van der Waals surface area (Å²) in [6.45, 7) is 2.47. The first kappa shape index (κ1) is 27.1. The third kappa shape index (κ3) is 6.93. The number of pyridine rings is 2. The number of hydrogen-bond donors (Lipinski definition) is 3. The zero-order chi connectivity index (χ0) is 27.9. The van der Waals surface area contributed by atoms with Crippen molar-refractivity contribution >= 4 is 40.0 Å². The summed E-state index contributed by atoms with van der Waals surface area (Å²) >= 11 is 0. The van der Waals surface area contributed by atoms with E-state index in [1.54, 1.807) is 18.6 Å². The van der Waals surface area contributed by atoms with Crippen LogP contribution >= 0.6 is 0 Å². The molecule has 1 aliphatic heterocycles. The Morgan fingerprint density at radius 1 is 1.10 bits per heavy atom. The highest BCUT2D eigenvalue weighted by molar-refractivity contribution is 6.00. The standard InChI is InChI=1S/C29H32FN9O/c1-38(2)13-4-7-26(40)35-22-6-3-5-20(15-22)27-28-21(10-12-31-27)16-33-29(37-28)36-23-8-9-25(32-17-23)34-24-18-39(19-24)14-11-30/h3-10,12,15-17,24H,11,13-14,18-19H2,1-2H3,(H,32,34)(H,35,40)(H,33,36,37). The lowest BCUT2D eigenvalue weighted by Gasteiger charge is -2.39. The molecule has 1 aliphatic rings. The first-order chi connectivity index (χ1) is 19.5. The minimum atomic E-state index is -0.320. The maximum Gasteiger partial charge on any atom is 0.248 e. The zero-order valence-corrected chi connectivity index (χ0v) is 22.5. The number of nitrogens with zero attached hydrogens (tertiary/aromatic N) is 6. The van der Waals surface area contributed by atoms with E-state index >= 15 is 0 Å². The molecule has 4 aromatic rings. The lowest BCUT2D eigenvalue weighted by atomic mass is 10.1. The lowest BCUT2D eigenvalue weighted by Crippen LogP contribution is -2.55. The average Bonchev–Trinajstić information content (AvgIpc) is 2.92. The van der Waals surface area contributed by atoms with E-state index in [1.807, 2.05) is 67.5 Å². The molecule has 0 unspecified atom stereocenters. The predicted octanol–water partition coefficient (Wildman–Crippen LogP) is 3.95. The number of alkyl halides is 1. The summed E-state index contributed by atoms with van der Waals surface area (Å²) in [5, 5.41) is 10.3. The molecule has 0 saturated carbocycles. The van der Waals surface area contributed by atoms with Crippen LogP contribution in [-0.2, 0) is 4.79 Å². The highest BCUT2D eigenvalue weighted by Crippen LogP contribution is 2.28.